The van der Waals surface area contributed by atoms with E-state index < -0.39 is 11.5 Å². The Morgan fingerprint density at radius 3 is 2.52 bits per heavy atom. The van der Waals surface area contributed by atoms with Crippen LogP contribution in [0.2, 0.25) is 0 Å². The summed E-state index contributed by atoms with van der Waals surface area (Å²) >= 11 is 0. The molecule has 7 heteroatoms. The molecule has 2 rings (SSSR count). The third-order valence-electron chi connectivity index (χ3n) is 4.41. The number of nitrogens with zero attached hydrogens (tertiary/aromatic N) is 2. The molecule has 0 aliphatic heterocycles. The average molecular weight is 345 g/mol. The second kappa shape index (κ2) is 9.02. The Labute approximate surface area is 146 Å². The van der Waals surface area contributed by atoms with Crippen LogP contribution in [0.25, 0.3) is 0 Å². The number of nitriles is 1. The van der Waals surface area contributed by atoms with Gasteiger partial charge in [-0.15, -0.1) is 0 Å². The number of aromatic nitrogens is 1. The number of rotatable bonds is 4. The molecule has 0 spiro atoms. The molecule has 0 radical (unpaired) electrons. The normalized spacial score (nSPS) is 15.5. The van der Waals surface area contributed by atoms with E-state index in [-0.39, 0.29) is 29.6 Å². The van der Waals surface area contributed by atoms with Crippen molar-refractivity contribution in [3.63, 3.8) is 0 Å². The lowest BCUT2D eigenvalue weighted by atomic mass is 9.97. The molecule has 1 amide bonds. The van der Waals surface area contributed by atoms with Crippen LogP contribution in [0.1, 0.15) is 60.9 Å². The maximum absolute atomic E-state index is 12.3. The number of pyridine rings is 1. The van der Waals surface area contributed by atoms with Crippen LogP contribution < -0.4 is 10.9 Å². The Balaban J connectivity index is 2.12. The lowest BCUT2D eigenvalue weighted by molar-refractivity contribution is -0.122. The molecule has 1 saturated carbocycles. The van der Waals surface area contributed by atoms with Gasteiger partial charge in [-0.1, -0.05) is 32.1 Å². The molecule has 0 saturated heterocycles. The van der Waals surface area contributed by atoms with Crippen LogP contribution in [0.5, 0.6) is 0 Å². The molecule has 1 aromatic rings. The maximum atomic E-state index is 12.3. The minimum absolute atomic E-state index is 0.0670. The number of methoxy groups -OCH3 is 1. The Bertz CT molecular complexity index is 725. The van der Waals surface area contributed by atoms with Crippen LogP contribution in [0, 0.1) is 11.3 Å². The predicted octanol–water partition coefficient (Wildman–Crippen LogP) is 1.74. The van der Waals surface area contributed by atoms with Gasteiger partial charge in [0.25, 0.3) is 5.56 Å². The molecular formula is C18H23N3O4. The standard InChI is InChI=1S/C18H23N3O4/c1-25-18(24)14-9-13(10-19)17(23)21(11-14)12-16(22)20-15-7-5-3-2-4-6-8-15/h9,11,15H,2-8,12H2,1H3,(H,20,22). The quantitative estimate of drug-likeness (QED) is 0.838. The third kappa shape index (κ3) is 5.18. The number of nitrogens with one attached hydrogen (secondary N) is 1. The molecular weight excluding hydrogens is 322 g/mol. The van der Waals surface area contributed by atoms with E-state index in [1.54, 1.807) is 6.07 Å². The molecule has 134 valence electrons. The lowest BCUT2D eigenvalue weighted by Gasteiger charge is -2.21. The van der Waals surface area contributed by atoms with Gasteiger partial charge in [-0.3, -0.25) is 9.59 Å². The molecule has 0 atom stereocenters. The maximum Gasteiger partial charge on any atom is 0.339 e. The monoisotopic (exact) mass is 345 g/mol. The van der Waals surface area contributed by atoms with Gasteiger partial charge in [-0.2, -0.15) is 5.26 Å². The number of esters is 1. The summed E-state index contributed by atoms with van der Waals surface area (Å²) in [6.45, 7) is -0.227. The van der Waals surface area contributed by atoms with E-state index >= 15 is 0 Å². The summed E-state index contributed by atoms with van der Waals surface area (Å²) < 4.78 is 5.70. The smallest absolute Gasteiger partial charge is 0.339 e. The zero-order chi connectivity index (χ0) is 18.2. The number of hydrogen-bond acceptors (Lipinski definition) is 5. The number of carbonyl (C=O) groups is 2. The predicted molar refractivity (Wildman–Crippen MR) is 91.0 cm³/mol. The highest BCUT2D eigenvalue weighted by atomic mass is 16.5. The summed E-state index contributed by atoms with van der Waals surface area (Å²) in [7, 11) is 1.21. The van der Waals surface area contributed by atoms with Crippen molar-refractivity contribution >= 4 is 11.9 Å². The Hall–Kier alpha value is -2.62. The van der Waals surface area contributed by atoms with Gasteiger partial charge in [0, 0.05) is 12.2 Å². The van der Waals surface area contributed by atoms with Crippen molar-refractivity contribution in [2.75, 3.05) is 7.11 Å². The summed E-state index contributed by atoms with van der Waals surface area (Å²) in [6, 6.07) is 3.04. The largest absolute Gasteiger partial charge is 0.465 e. The molecule has 0 unspecified atom stereocenters. The van der Waals surface area contributed by atoms with E-state index in [0.717, 1.165) is 30.3 Å². The number of ether oxygens (including phenoxy) is 1. The fourth-order valence-electron chi connectivity index (χ4n) is 3.09. The molecule has 1 aliphatic rings. The molecule has 0 bridgehead atoms. The van der Waals surface area contributed by atoms with Crippen LogP contribution in [0.3, 0.4) is 0 Å². The van der Waals surface area contributed by atoms with Crippen LogP contribution >= 0.6 is 0 Å². The Kier molecular flexibility index (Phi) is 6.75. The minimum atomic E-state index is -0.661. The fraction of sp³-hybridized carbons (Fsp3) is 0.556. The van der Waals surface area contributed by atoms with Crippen molar-refractivity contribution in [3.8, 4) is 6.07 Å². The van der Waals surface area contributed by atoms with Crippen LogP contribution in [-0.4, -0.2) is 29.6 Å². The Morgan fingerprint density at radius 2 is 1.92 bits per heavy atom. The van der Waals surface area contributed by atoms with E-state index in [4.69, 9.17) is 5.26 Å². The van der Waals surface area contributed by atoms with Crippen molar-refractivity contribution in [3.05, 3.63) is 33.7 Å². The van der Waals surface area contributed by atoms with Crippen molar-refractivity contribution < 1.29 is 14.3 Å². The summed E-state index contributed by atoms with van der Waals surface area (Å²) in [5, 5.41) is 12.0. The molecule has 25 heavy (non-hydrogen) atoms. The zero-order valence-corrected chi connectivity index (χ0v) is 14.4. The molecule has 0 aromatic carbocycles. The molecule has 7 nitrogen and oxygen atoms in total. The highest BCUT2D eigenvalue weighted by Gasteiger charge is 2.17. The summed E-state index contributed by atoms with van der Waals surface area (Å²) in [5.41, 5.74) is -0.720. The van der Waals surface area contributed by atoms with Gasteiger partial charge in [0.2, 0.25) is 5.91 Å². The highest BCUT2D eigenvalue weighted by molar-refractivity contribution is 5.89. The summed E-state index contributed by atoms with van der Waals surface area (Å²) in [5.74, 6) is -0.954. The topological polar surface area (TPSA) is 101 Å². The van der Waals surface area contributed by atoms with Crippen molar-refractivity contribution in [2.45, 2.75) is 57.5 Å². The molecule has 1 fully saturated rings. The van der Waals surface area contributed by atoms with Crippen molar-refractivity contribution in [1.29, 1.82) is 5.26 Å². The average Bonchev–Trinajstić information content (AvgIpc) is 2.58. The van der Waals surface area contributed by atoms with Crippen molar-refractivity contribution in [1.82, 2.24) is 9.88 Å². The zero-order valence-electron chi connectivity index (χ0n) is 14.4. The van der Waals surface area contributed by atoms with E-state index in [1.807, 2.05) is 0 Å². The first-order valence-corrected chi connectivity index (χ1v) is 8.57. The van der Waals surface area contributed by atoms with Gasteiger partial charge in [0.1, 0.15) is 18.2 Å². The number of hydrogen-bond donors (Lipinski definition) is 1. The first-order chi connectivity index (χ1) is 12.0. The molecule has 1 aromatic heterocycles. The van der Waals surface area contributed by atoms with E-state index in [1.165, 1.54) is 38.6 Å². The van der Waals surface area contributed by atoms with Crippen LogP contribution in [0.15, 0.2) is 17.1 Å². The van der Waals surface area contributed by atoms with Crippen molar-refractivity contribution in [2.24, 2.45) is 0 Å². The van der Waals surface area contributed by atoms with Crippen LogP contribution in [0.4, 0.5) is 0 Å². The van der Waals surface area contributed by atoms with E-state index in [2.05, 4.69) is 10.1 Å². The Morgan fingerprint density at radius 1 is 1.28 bits per heavy atom. The van der Waals surface area contributed by atoms with Gasteiger partial charge >= 0.3 is 5.97 Å². The second-order valence-corrected chi connectivity index (χ2v) is 6.29. The third-order valence-corrected chi connectivity index (χ3v) is 4.41. The minimum Gasteiger partial charge on any atom is -0.465 e. The first kappa shape index (κ1) is 18.7. The highest BCUT2D eigenvalue weighted by Crippen LogP contribution is 2.17. The second-order valence-electron chi connectivity index (χ2n) is 6.29. The molecule has 1 N–H and O–H groups in total. The van der Waals surface area contributed by atoms with Gasteiger partial charge in [0.15, 0.2) is 0 Å². The van der Waals surface area contributed by atoms with Gasteiger partial charge in [0.05, 0.1) is 12.7 Å². The molecule has 1 heterocycles. The first-order valence-electron chi connectivity index (χ1n) is 8.57. The van der Waals surface area contributed by atoms with Gasteiger partial charge in [-0.05, 0) is 18.9 Å². The lowest BCUT2D eigenvalue weighted by Crippen LogP contribution is -2.39. The number of amides is 1. The summed E-state index contributed by atoms with van der Waals surface area (Å²) in [6.07, 6.45) is 8.90. The van der Waals surface area contributed by atoms with E-state index in [9.17, 15) is 14.4 Å². The molecule has 1 aliphatic carbocycles. The number of carbonyl (C=O) groups excluding carboxylic acids is 2. The summed E-state index contributed by atoms with van der Waals surface area (Å²) in [4.78, 5) is 36.2. The van der Waals surface area contributed by atoms with Gasteiger partial charge in [-0.25, -0.2) is 4.79 Å². The van der Waals surface area contributed by atoms with E-state index in [0.29, 0.717) is 0 Å². The van der Waals surface area contributed by atoms with Gasteiger partial charge < -0.3 is 14.6 Å². The van der Waals surface area contributed by atoms with Crippen LogP contribution in [-0.2, 0) is 16.1 Å². The SMILES string of the molecule is COC(=O)c1cc(C#N)c(=O)n(CC(=O)NC2CCCCCCC2)c1. The fourth-order valence-corrected chi connectivity index (χ4v) is 3.09.